The van der Waals surface area contributed by atoms with Gasteiger partial charge in [-0.25, -0.2) is 9.78 Å². The van der Waals surface area contributed by atoms with Gasteiger partial charge in [0.2, 0.25) is 5.91 Å². The average Bonchev–Trinajstić information content (AvgIpc) is 3.48. The van der Waals surface area contributed by atoms with Crippen LogP contribution in [0.15, 0.2) is 38.3 Å². The molecule has 2 N–H and O–H groups in total. The highest BCUT2D eigenvalue weighted by molar-refractivity contribution is 9.11. The number of aldehydes is 1. The Hall–Kier alpha value is -3.04. The quantitative estimate of drug-likeness (QED) is 0.242. The number of aromatic amines is 2. The van der Waals surface area contributed by atoms with Crippen LogP contribution in [0, 0.1) is 5.92 Å². The van der Waals surface area contributed by atoms with Crippen molar-refractivity contribution in [2.75, 3.05) is 26.7 Å². The van der Waals surface area contributed by atoms with Gasteiger partial charge in [-0.05, 0) is 87.5 Å². The molecule has 10 nitrogen and oxygen atoms in total. The highest BCUT2D eigenvalue weighted by atomic mass is 79.9. The number of likely N-dealkylation sites (tertiary alicyclic amines) is 1. The van der Waals surface area contributed by atoms with Crippen LogP contribution >= 0.6 is 31.9 Å². The summed E-state index contributed by atoms with van der Waals surface area (Å²) in [5.74, 6) is -0.863. The zero-order chi connectivity index (χ0) is 30.2. The molecule has 1 amide bonds. The first-order chi connectivity index (χ1) is 19.9. The van der Waals surface area contributed by atoms with E-state index in [0.717, 1.165) is 16.7 Å². The largest absolute Gasteiger partial charge is 0.401 e. The zero-order valence-corrected chi connectivity index (χ0v) is 25.7. The second kappa shape index (κ2) is 12.3. The predicted molar refractivity (Wildman–Crippen MR) is 157 cm³/mol. The monoisotopic (exact) mass is 713 g/mol. The molecule has 1 aromatic carbocycles. The number of amides is 1. The number of piperidine rings is 1. The Morgan fingerprint density at radius 1 is 1.29 bits per heavy atom. The number of nitrogens with zero attached hydrogens (tertiary/aromatic N) is 5. The van der Waals surface area contributed by atoms with E-state index in [-0.39, 0.29) is 37.0 Å². The van der Waals surface area contributed by atoms with Gasteiger partial charge in [-0.2, -0.15) is 18.3 Å². The molecular formula is C27H28Br2F3N7O3. The number of rotatable bonds is 9. The topological polar surface area (TPSA) is 120 Å². The molecule has 5 rings (SSSR count). The van der Waals surface area contributed by atoms with Gasteiger partial charge in [-0.3, -0.25) is 24.3 Å². The summed E-state index contributed by atoms with van der Waals surface area (Å²) in [4.78, 5) is 47.8. The molecule has 1 aliphatic heterocycles. The molecule has 0 bridgehead atoms. The van der Waals surface area contributed by atoms with Crippen molar-refractivity contribution in [3.8, 4) is 0 Å². The third-order valence-electron chi connectivity index (χ3n) is 7.60. The van der Waals surface area contributed by atoms with E-state index < -0.39 is 18.6 Å². The lowest BCUT2D eigenvalue weighted by atomic mass is 9.91. The standard InChI is InChI=1S/C27H28Br2F3N7O3/c1-37(14-27(30,31)32)12-18-16(11-19(28)23-22(18)24(29)36-35-23)9-15(13-40)10-21(41)38-7-4-17(5-8-38)39-20-3-2-6-33-25(20)34-26(39)42/h2-3,6,11,13,15,17H,4-5,7-10,12,14H2,1H3,(H,35,36)(H,33,34,42). The molecule has 224 valence electrons. The number of carbonyl (C=O) groups is 2. The first-order valence-corrected chi connectivity index (χ1v) is 14.9. The Kier molecular flexibility index (Phi) is 8.90. The maximum atomic E-state index is 13.3. The maximum Gasteiger partial charge on any atom is 0.401 e. The minimum absolute atomic E-state index is 0.0352. The molecule has 0 spiro atoms. The summed E-state index contributed by atoms with van der Waals surface area (Å²) >= 11 is 6.90. The number of carbonyl (C=O) groups excluding carboxylic acids is 2. The number of hydrogen-bond acceptors (Lipinski definition) is 6. The highest BCUT2D eigenvalue weighted by Gasteiger charge is 2.31. The summed E-state index contributed by atoms with van der Waals surface area (Å²) in [6.07, 6.45) is -0.742. The van der Waals surface area contributed by atoms with Gasteiger partial charge in [0.15, 0.2) is 5.65 Å². The first kappa shape index (κ1) is 30.4. The van der Waals surface area contributed by atoms with Crippen molar-refractivity contribution in [1.82, 2.24) is 34.5 Å². The summed E-state index contributed by atoms with van der Waals surface area (Å²) in [6, 6.07) is 5.27. The van der Waals surface area contributed by atoms with Crippen molar-refractivity contribution in [1.29, 1.82) is 0 Å². The first-order valence-electron chi connectivity index (χ1n) is 13.3. The number of fused-ring (bicyclic) bond motifs is 2. The van der Waals surface area contributed by atoms with Gasteiger partial charge in [0, 0.05) is 54.1 Å². The Morgan fingerprint density at radius 3 is 2.71 bits per heavy atom. The second-order valence-corrected chi connectivity index (χ2v) is 12.3. The van der Waals surface area contributed by atoms with Crippen LogP contribution in [-0.4, -0.2) is 79.6 Å². The van der Waals surface area contributed by atoms with E-state index in [1.54, 1.807) is 27.8 Å². The predicted octanol–water partition coefficient (Wildman–Crippen LogP) is 4.73. The van der Waals surface area contributed by atoms with E-state index in [1.165, 1.54) is 7.05 Å². The normalized spacial score (nSPS) is 15.6. The van der Waals surface area contributed by atoms with Crippen molar-refractivity contribution >= 4 is 66.1 Å². The molecule has 1 saturated heterocycles. The molecule has 42 heavy (non-hydrogen) atoms. The maximum absolute atomic E-state index is 13.3. The van der Waals surface area contributed by atoms with Crippen LogP contribution in [0.5, 0.6) is 0 Å². The lowest BCUT2D eigenvalue weighted by molar-refractivity contribution is -0.144. The van der Waals surface area contributed by atoms with Crippen molar-refractivity contribution in [3.63, 3.8) is 0 Å². The van der Waals surface area contributed by atoms with E-state index in [9.17, 15) is 27.6 Å². The molecule has 15 heteroatoms. The van der Waals surface area contributed by atoms with Gasteiger partial charge >= 0.3 is 11.9 Å². The molecule has 4 heterocycles. The molecule has 1 aliphatic rings. The Balaban J connectivity index is 1.30. The van der Waals surface area contributed by atoms with E-state index in [4.69, 9.17) is 0 Å². The Morgan fingerprint density at radius 2 is 2.02 bits per heavy atom. The molecule has 4 aromatic rings. The molecule has 1 unspecified atom stereocenters. The number of halogens is 5. The molecule has 1 fully saturated rings. The van der Waals surface area contributed by atoms with Gasteiger partial charge < -0.3 is 9.69 Å². The number of benzene rings is 1. The average molecular weight is 715 g/mol. The molecule has 0 radical (unpaired) electrons. The Bertz CT molecular complexity index is 1680. The third kappa shape index (κ3) is 6.47. The summed E-state index contributed by atoms with van der Waals surface area (Å²) in [5, 5.41) is 7.67. The van der Waals surface area contributed by atoms with Gasteiger partial charge in [0.25, 0.3) is 0 Å². The van der Waals surface area contributed by atoms with Crippen LogP contribution < -0.4 is 5.69 Å². The van der Waals surface area contributed by atoms with E-state index >= 15 is 0 Å². The van der Waals surface area contributed by atoms with Crippen molar-refractivity contribution in [2.45, 2.75) is 44.4 Å². The van der Waals surface area contributed by atoms with Crippen molar-refractivity contribution in [2.24, 2.45) is 5.92 Å². The molecule has 0 aliphatic carbocycles. The van der Waals surface area contributed by atoms with E-state index in [0.29, 0.717) is 62.7 Å². The highest BCUT2D eigenvalue weighted by Crippen LogP contribution is 2.36. The molecule has 1 atom stereocenters. The van der Waals surface area contributed by atoms with Crippen molar-refractivity contribution in [3.05, 3.63) is 55.1 Å². The smallest absolute Gasteiger partial charge is 0.343 e. The van der Waals surface area contributed by atoms with Crippen molar-refractivity contribution < 1.29 is 22.8 Å². The second-order valence-electron chi connectivity index (χ2n) is 10.6. The van der Waals surface area contributed by atoms with E-state index in [1.807, 2.05) is 6.07 Å². The number of aromatic nitrogens is 5. The van der Waals surface area contributed by atoms with Gasteiger partial charge in [0.05, 0.1) is 12.1 Å². The van der Waals surface area contributed by atoms with Crippen LogP contribution in [0.1, 0.15) is 36.4 Å². The molecular weight excluding hydrogens is 687 g/mol. The van der Waals surface area contributed by atoms with E-state index in [2.05, 4.69) is 52.0 Å². The number of alkyl halides is 3. The van der Waals surface area contributed by atoms with Crippen LogP contribution in [0.3, 0.4) is 0 Å². The van der Waals surface area contributed by atoms with Crippen LogP contribution in [0.4, 0.5) is 13.2 Å². The fourth-order valence-electron chi connectivity index (χ4n) is 5.73. The molecule has 3 aromatic heterocycles. The lowest BCUT2D eigenvalue weighted by Crippen LogP contribution is -2.41. The number of imidazole rings is 1. The van der Waals surface area contributed by atoms with Crippen LogP contribution in [0.2, 0.25) is 0 Å². The van der Waals surface area contributed by atoms with Gasteiger partial charge in [-0.1, -0.05) is 0 Å². The SMILES string of the molecule is CN(Cc1c(CC(C=O)CC(=O)N2CCC(n3c(=O)[nH]c4ncccc43)CC2)cc(Br)c2n[nH]c(Br)c12)CC(F)(F)F. The fourth-order valence-corrected chi connectivity index (χ4v) is 6.81. The summed E-state index contributed by atoms with van der Waals surface area (Å²) in [6.45, 7) is -0.276. The number of hydrogen-bond donors (Lipinski definition) is 2. The fraction of sp³-hybridized carbons (Fsp3) is 0.444. The zero-order valence-electron chi connectivity index (χ0n) is 22.5. The summed E-state index contributed by atoms with van der Waals surface area (Å²) in [5.41, 5.74) is 2.80. The third-order valence-corrected chi connectivity index (χ3v) is 8.78. The number of H-pyrrole nitrogens is 2. The van der Waals surface area contributed by atoms with Crippen LogP contribution in [-0.2, 0) is 22.6 Å². The minimum Gasteiger partial charge on any atom is -0.343 e. The Labute approximate surface area is 254 Å². The summed E-state index contributed by atoms with van der Waals surface area (Å²) < 4.78 is 42.1. The molecule has 0 saturated carbocycles. The van der Waals surface area contributed by atoms with Gasteiger partial charge in [0.1, 0.15) is 16.4 Å². The number of nitrogens with one attached hydrogen (secondary N) is 2. The number of pyridine rings is 1. The minimum atomic E-state index is -4.37. The van der Waals surface area contributed by atoms with Crippen LogP contribution in [0.25, 0.3) is 22.1 Å². The van der Waals surface area contributed by atoms with Gasteiger partial charge in [-0.15, -0.1) is 0 Å². The summed E-state index contributed by atoms with van der Waals surface area (Å²) in [7, 11) is 1.38. The lowest BCUT2D eigenvalue weighted by Gasteiger charge is -2.33.